The Kier molecular flexibility index (Phi) is 3.36. The van der Waals surface area contributed by atoms with E-state index in [1.165, 1.54) is 0 Å². The Morgan fingerprint density at radius 2 is 2.00 bits per heavy atom. The van der Waals surface area contributed by atoms with Gasteiger partial charge in [0.2, 0.25) is 0 Å². The SMILES string of the molecule is Cc1ccc(CN(C(=O)c2ccc(CN)o2)C2CC2)o1. The molecule has 5 heteroatoms. The average molecular weight is 274 g/mol. The van der Waals surface area contributed by atoms with Crippen LogP contribution in [0.15, 0.2) is 33.1 Å². The summed E-state index contributed by atoms with van der Waals surface area (Å²) in [6.07, 6.45) is 2.08. The van der Waals surface area contributed by atoms with E-state index in [1.54, 1.807) is 12.1 Å². The predicted octanol–water partition coefficient (Wildman–Crippen LogP) is 2.44. The van der Waals surface area contributed by atoms with E-state index in [-0.39, 0.29) is 5.91 Å². The first-order valence-electron chi connectivity index (χ1n) is 6.82. The molecule has 0 aromatic carbocycles. The van der Waals surface area contributed by atoms with Gasteiger partial charge in [-0.3, -0.25) is 4.79 Å². The Labute approximate surface area is 117 Å². The summed E-state index contributed by atoms with van der Waals surface area (Å²) in [6.45, 7) is 2.68. The van der Waals surface area contributed by atoms with Gasteiger partial charge in [0.1, 0.15) is 17.3 Å². The van der Waals surface area contributed by atoms with Crippen LogP contribution in [0.1, 0.15) is 40.7 Å². The number of carbonyl (C=O) groups excluding carboxylic acids is 1. The lowest BCUT2D eigenvalue weighted by molar-refractivity contribution is 0.0682. The van der Waals surface area contributed by atoms with Gasteiger partial charge in [0.05, 0.1) is 13.1 Å². The van der Waals surface area contributed by atoms with Gasteiger partial charge >= 0.3 is 0 Å². The summed E-state index contributed by atoms with van der Waals surface area (Å²) in [5.41, 5.74) is 5.50. The van der Waals surface area contributed by atoms with E-state index >= 15 is 0 Å². The molecule has 0 unspecified atom stereocenters. The molecule has 5 nitrogen and oxygen atoms in total. The molecule has 1 fully saturated rings. The van der Waals surface area contributed by atoms with Crippen LogP contribution in [0.25, 0.3) is 0 Å². The summed E-state index contributed by atoms with van der Waals surface area (Å²) in [7, 11) is 0. The van der Waals surface area contributed by atoms with Gasteiger partial charge in [-0.05, 0) is 44.0 Å². The molecule has 1 saturated carbocycles. The van der Waals surface area contributed by atoms with Crippen LogP contribution in [-0.4, -0.2) is 16.8 Å². The molecule has 1 amide bonds. The summed E-state index contributed by atoms with van der Waals surface area (Å²) in [4.78, 5) is 14.3. The van der Waals surface area contributed by atoms with Crippen LogP contribution < -0.4 is 5.73 Å². The molecule has 0 spiro atoms. The molecule has 0 bridgehead atoms. The molecule has 2 aromatic rings. The van der Waals surface area contributed by atoms with E-state index in [1.807, 2.05) is 24.0 Å². The molecule has 2 heterocycles. The van der Waals surface area contributed by atoms with E-state index in [2.05, 4.69) is 0 Å². The minimum Gasteiger partial charge on any atom is -0.464 e. The summed E-state index contributed by atoms with van der Waals surface area (Å²) in [6, 6.07) is 7.54. The highest BCUT2D eigenvalue weighted by atomic mass is 16.4. The first kappa shape index (κ1) is 13.0. The van der Waals surface area contributed by atoms with Crippen molar-refractivity contribution in [2.45, 2.75) is 38.9 Å². The van der Waals surface area contributed by atoms with E-state index < -0.39 is 0 Å². The number of nitrogens with two attached hydrogens (primary N) is 1. The molecule has 0 atom stereocenters. The van der Waals surface area contributed by atoms with E-state index in [4.69, 9.17) is 14.6 Å². The first-order chi connectivity index (χ1) is 9.67. The van der Waals surface area contributed by atoms with Crippen LogP contribution >= 0.6 is 0 Å². The van der Waals surface area contributed by atoms with Gasteiger partial charge in [0, 0.05) is 6.04 Å². The fourth-order valence-corrected chi connectivity index (χ4v) is 2.24. The number of carbonyl (C=O) groups is 1. The van der Waals surface area contributed by atoms with Crippen molar-refractivity contribution in [2.24, 2.45) is 5.73 Å². The third-order valence-electron chi connectivity index (χ3n) is 3.44. The Morgan fingerprint density at radius 1 is 1.25 bits per heavy atom. The number of hydrogen-bond donors (Lipinski definition) is 1. The van der Waals surface area contributed by atoms with Crippen LogP contribution in [0.3, 0.4) is 0 Å². The fraction of sp³-hybridized carbons (Fsp3) is 0.400. The van der Waals surface area contributed by atoms with Crippen molar-refractivity contribution in [3.05, 3.63) is 47.3 Å². The Hall–Kier alpha value is -2.01. The molecule has 0 radical (unpaired) electrons. The third-order valence-corrected chi connectivity index (χ3v) is 3.44. The first-order valence-corrected chi connectivity index (χ1v) is 6.82. The maximum Gasteiger partial charge on any atom is 0.290 e. The van der Waals surface area contributed by atoms with E-state index in [0.29, 0.717) is 30.7 Å². The lowest BCUT2D eigenvalue weighted by Crippen LogP contribution is -2.32. The molecule has 3 rings (SSSR count). The highest BCUT2D eigenvalue weighted by Crippen LogP contribution is 2.30. The maximum atomic E-state index is 12.5. The van der Waals surface area contributed by atoms with Gasteiger partial charge in [0.15, 0.2) is 5.76 Å². The van der Waals surface area contributed by atoms with Gasteiger partial charge in [0.25, 0.3) is 5.91 Å². The van der Waals surface area contributed by atoms with Crippen LogP contribution in [0, 0.1) is 6.92 Å². The van der Waals surface area contributed by atoms with Crippen molar-refractivity contribution in [1.82, 2.24) is 4.90 Å². The minimum atomic E-state index is -0.0961. The second-order valence-corrected chi connectivity index (χ2v) is 5.15. The number of rotatable bonds is 5. The summed E-state index contributed by atoms with van der Waals surface area (Å²) in [5.74, 6) is 2.53. The Balaban J connectivity index is 1.77. The zero-order chi connectivity index (χ0) is 14.1. The van der Waals surface area contributed by atoms with Crippen molar-refractivity contribution in [3.63, 3.8) is 0 Å². The number of nitrogens with zero attached hydrogens (tertiary/aromatic N) is 1. The van der Waals surface area contributed by atoms with Gasteiger partial charge in [-0.2, -0.15) is 0 Å². The zero-order valence-electron chi connectivity index (χ0n) is 11.5. The lowest BCUT2D eigenvalue weighted by Gasteiger charge is -2.19. The van der Waals surface area contributed by atoms with Gasteiger partial charge in [-0.15, -0.1) is 0 Å². The van der Waals surface area contributed by atoms with Crippen LogP contribution in [0.5, 0.6) is 0 Å². The largest absolute Gasteiger partial charge is 0.464 e. The average Bonchev–Trinajstić information content (AvgIpc) is 3.02. The monoisotopic (exact) mass is 274 g/mol. The van der Waals surface area contributed by atoms with Gasteiger partial charge < -0.3 is 19.5 Å². The fourth-order valence-electron chi connectivity index (χ4n) is 2.24. The molecule has 2 aromatic heterocycles. The van der Waals surface area contributed by atoms with Crippen LogP contribution in [0.2, 0.25) is 0 Å². The molecule has 2 N–H and O–H groups in total. The second kappa shape index (κ2) is 5.17. The molecule has 20 heavy (non-hydrogen) atoms. The Morgan fingerprint density at radius 3 is 2.55 bits per heavy atom. The predicted molar refractivity (Wildman–Crippen MR) is 72.9 cm³/mol. The number of furan rings is 2. The highest BCUT2D eigenvalue weighted by molar-refractivity contribution is 5.92. The molecule has 0 aliphatic heterocycles. The van der Waals surface area contributed by atoms with E-state index in [0.717, 1.165) is 24.4 Å². The zero-order valence-corrected chi connectivity index (χ0v) is 11.5. The number of hydrogen-bond acceptors (Lipinski definition) is 4. The van der Waals surface area contributed by atoms with E-state index in [9.17, 15) is 4.79 Å². The lowest BCUT2D eigenvalue weighted by atomic mass is 10.3. The molecule has 1 aliphatic rings. The molecule has 106 valence electrons. The second-order valence-electron chi connectivity index (χ2n) is 5.15. The molecule has 1 aliphatic carbocycles. The standard InChI is InChI=1S/C15H18N2O3/c1-10-2-5-13(19-10)9-17(11-3-4-11)15(18)14-7-6-12(8-16)20-14/h2,5-7,11H,3-4,8-9,16H2,1H3. The number of amides is 1. The summed E-state index contributed by atoms with van der Waals surface area (Å²) < 4.78 is 11.0. The maximum absolute atomic E-state index is 12.5. The minimum absolute atomic E-state index is 0.0961. The quantitative estimate of drug-likeness (QED) is 0.909. The molecule has 0 saturated heterocycles. The third kappa shape index (κ3) is 2.63. The van der Waals surface area contributed by atoms with Gasteiger partial charge in [-0.1, -0.05) is 0 Å². The van der Waals surface area contributed by atoms with Crippen molar-refractivity contribution in [2.75, 3.05) is 0 Å². The molecular weight excluding hydrogens is 256 g/mol. The van der Waals surface area contributed by atoms with Crippen molar-refractivity contribution in [1.29, 1.82) is 0 Å². The summed E-state index contributed by atoms with van der Waals surface area (Å²) >= 11 is 0. The normalized spacial score (nSPS) is 14.5. The smallest absolute Gasteiger partial charge is 0.290 e. The van der Waals surface area contributed by atoms with Crippen LogP contribution in [0.4, 0.5) is 0 Å². The number of aryl methyl sites for hydroxylation is 1. The summed E-state index contributed by atoms with van der Waals surface area (Å²) in [5, 5.41) is 0. The highest BCUT2D eigenvalue weighted by Gasteiger charge is 2.34. The van der Waals surface area contributed by atoms with Crippen LogP contribution in [-0.2, 0) is 13.1 Å². The topological polar surface area (TPSA) is 72.6 Å². The van der Waals surface area contributed by atoms with Crippen molar-refractivity contribution >= 4 is 5.91 Å². The molecular formula is C15H18N2O3. The van der Waals surface area contributed by atoms with Gasteiger partial charge in [-0.25, -0.2) is 0 Å². The Bertz CT molecular complexity index is 610. The van der Waals surface area contributed by atoms with Crippen molar-refractivity contribution < 1.29 is 13.6 Å². The van der Waals surface area contributed by atoms with Crippen molar-refractivity contribution in [3.8, 4) is 0 Å².